The Morgan fingerprint density at radius 1 is 1.12 bits per heavy atom. The highest BCUT2D eigenvalue weighted by Gasteiger charge is 2.21. The maximum Gasteiger partial charge on any atom is 0.411 e. The molecule has 7 heteroatoms. The fourth-order valence-electron chi connectivity index (χ4n) is 2.46. The largest absolute Gasteiger partial charge is 0.486 e. The molecule has 26 heavy (non-hydrogen) atoms. The maximum atomic E-state index is 12.2. The van der Waals surface area contributed by atoms with Crippen LogP contribution in [0.3, 0.4) is 0 Å². The number of benzene rings is 2. The maximum absolute atomic E-state index is 12.2. The van der Waals surface area contributed by atoms with E-state index < -0.39 is 6.09 Å². The van der Waals surface area contributed by atoms with Crippen LogP contribution in [0.25, 0.3) is 0 Å². The summed E-state index contributed by atoms with van der Waals surface area (Å²) in [5.41, 5.74) is 1.04. The lowest BCUT2D eigenvalue weighted by Crippen LogP contribution is -2.40. The minimum Gasteiger partial charge on any atom is -0.486 e. The number of fused-ring (bicyclic) bond motifs is 1. The molecule has 2 aromatic rings. The Morgan fingerprint density at radius 3 is 2.58 bits per heavy atom. The van der Waals surface area contributed by atoms with Gasteiger partial charge >= 0.3 is 6.09 Å². The fraction of sp³-hybridized carbons (Fsp3) is 0.263. The van der Waals surface area contributed by atoms with Crippen LogP contribution in [0, 0.1) is 0 Å². The molecule has 136 valence electrons. The van der Waals surface area contributed by atoms with E-state index in [4.69, 9.17) is 14.2 Å². The second-order valence-electron chi connectivity index (χ2n) is 5.63. The Hall–Kier alpha value is -3.22. The topological polar surface area (TPSA) is 85.9 Å². The Kier molecular flexibility index (Phi) is 5.58. The van der Waals surface area contributed by atoms with E-state index in [2.05, 4.69) is 10.6 Å². The summed E-state index contributed by atoms with van der Waals surface area (Å²) < 4.78 is 16.2. The summed E-state index contributed by atoms with van der Waals surface area (Å²) in [6.07, 6.45) is -0.780. The van der Waals surface area contributed by atoms with E-state index in [1.54, 1.807) is 31.2 Å². The number of rotatable bonds is 5. The molecule has 1 atom stereocenters. The summed E-state index contributed by atoms with van der Waals surface area (Å²) in [6, 6.07) is 14.0. The molecule has 0 spiro atoms. The monoisotopic (exact) mass is 356 g/mol. The van der Waals surface area contributed by atoms with Gasteiger partial charge in [-0.25, -0.2) is 4.79 Å². The van der Waals surface area contributed by atoms with Crippen LogP contribution in [0.5, 0.6) is 11.5 Å². The van der Waals surface area contributed by atoms with Gasteiger partial charge in [-0.15, -0.1) is 0 Å². The summed E-state index contributed by atoms with van der Waals surface area (Å²) >= 11 is 0. The Labute approximate surface area is 151 Å². The summed E-state index contributed by atoms with van der Waals surface area (Å²) in [7, 11) is 0. The first-order chi connectivity index (χ1) is 12.7. The minimum atomic E-state index is -0.528. The first-order valence-electron chi connectivity index (χ1n) is 8.36. The van der Waals surface area contributed by atoms with Crippen molar-refractivity contribution >= 4 is 17.7 Å². The average molecular weight is 356 g/mol. The van der Waals surface area contributed by atoms with Gasteiger partial charge in [-0.2, -0.15) is 0 Å². The molecule has 2 amide bonds. The van der Waals surface area contributed by atoms with Crippen LogP contribution in [0.1, 0.15) is 17.3 Å². The molecule has 1 unspecified atom stereocenters. The molecule has 3 rings (SSSR count). The van der Waals surface area contributed by atoms with Gasteiger partial charge in [0.25, 0.3) is 5.91 Å². The summed E-state index contributed by atoms with van der Waals surface area (Å²) in [5.74, 6) is 1.15. The highest BCUT2D eigenvalue weighted by atomic mass is 16.6. The van der Waals surface area contributed by atoms with Crippen LogP contribution in [0.15, 0.2) is 48.5 Å². The molecule has 1 heterocycles. The van der Waals surface area contributed by atoms with Crippen molar-refractivity contribution in [3.63, 3.8) is 0 Å². The number of carbonyl (C=O) groups is 2. The van der Waals surface area contributed by atoms with E-state index in [9.17, 15) is 9.59 Å². The van der Waals surface area contributed by atoms with Crippen molar-refractivity contribution in [2.24, 2.45) is 0 Å². The summed E-state index contributed by atoms with van der Waals surface area (Å²) in [4.78, 5) is 23.6. The fourth-order valence-corrected chi connectivity index (χ4v) is 2.46. The number of ether oxygens (including phenoxy) is 3. The number of para-hydroxylation sites is 2. The van der Waals surface area contributed by atoms with Gasteiger partial charge in [0.1, 0.15) is 12.7 Å². The number of carbonyl (C=O) groups excluding carboxylic acids is 2. The molecule has 1 aliphatic rings. The quantitative estimate of drug-likeness (QED) is 0.860. The Morgan fingerprint density at radius 2 is 1.85 bits per heavy atom. The lowest BCUT2D eigenvalue weighted by molar-refractivity contribution is 0.0789. The summed E-state index contributed by atoms with van der Waals surface area (Å²) in [6.45, 7) is 2.73. The molecular weight excluding hydrogens is 336 g/mol. The van der Waals surface area contributed by atoms with Crippen molar-refractivity contribution in [2.45, 2.75) is 13.0 Å². The standard InChI is InChI=1S/C19H20N2O5/c1-2-24-19(23)21-14-9-7-13(8-10-14)18(22)20-11-15-12-25-16-5-3-4-6-17(16)26-15/h3-10,15H,2,11-12H2,1H3,(H,20,22)(H,21,23). The number of amides is 2. The molecule has 0 radical (unpaired) electrons. The number of hydrogen-bond acceptors (Lipinski definition) is 5. The highest BCUT2D eigenvalue weighted by molar-refractivity contribution is 5.95. The van der Waals surface area contributed by atoms with Crippen LogP contribution in [0.4, 0.5) is 10.5 Å². The van der Waals surface area contributed by atoms with Crippen LogP contribution < -0.4 is 20.1 Å². The third-order valence-corrected chi connectivity index (χ3v) is 3.73. The zero-order valence-corrected chi connectivity index (χ0v) is 14.4. The van der Waals surface area contributed by atoms with Crippen LogP contribution in [0.2, 0.25) is 0 Å². The van der Waals surface area contributed by atoms with E-state index in [1.165, 1.54) is 0 Å². The van der Waals surface area contributed by atoms with Gasteiger partial charge < -0.3 is 19.5 Å². The average Bonchev–Trinajstić information content (AvgIpc) is 2.66. The van der Waals surface area contributed by atoms with Crippen molar-refractivity contribution in [1.82, 2.24) is 5.32 Å². The zero-order valence-electron chi connectivity index (χ0n) is 14.4. The van der Waals surface area contributed by atoms with Crippen LogP contribution in [-0.4, -0.2) is 37.9 Å². The molecule has 0 aromatic heterocycles. The predicted octanol–water partition coefficient (Wildman–Crippen LogP) is 2.82. The van der Waals surface area contributed by atoms with Crippen molar-refractivity contribution in [1.29, 1.82) is 0 Å². The van der Waals surface area contributed by atoms with Gasteiger partial charge in [0.05, 0.1) is 13.2 Å². The molecule has 2 aromatic carbocycles. The van der Waals surface area contributed by atoms with Crippen molar-refractivity contribution in [3.8, 4) is 11.5 Å². The third-order valence-electron chi connectivity index (χ3n) is 3.73. The Balaban J connectivity index is 1.50. The van der Waals surface area contributed by atoms with Gasteiger partial charge in [0.15, 0.2) is 11.5 Å². The first-order valence-corrected chi connectivity index (χ1v) is 8.36. The Bertz CT molecular complexity index is 776. The normalized spacial score (nSPS) is 15.0. The van der Waals surface area contributed by atoms with E-state index in [0.29, 0.717) is 42.5 Å². The molecule has 0 bridgehead atoms. The SMILES string of the molecule is CCOC(=O)Nc1ccc(C(=O)NCC2COc3ccccc3O2)cc1. The molecule has 1 aliphatic heterocycles. The molecular formula is C19H20N2O5. The first kappa shape index (κ1) is 17.6. The molecule has 0 aliphatic carbocycles. The predicted molar refractivity (Wildman–Crippen MR) is 95.8 cm³/mol. The number of nitrogens with one attached hydrogen (secondary N) is 2. The van der Waals surface area contributed by atoms with Crippen molar-refractivity contribution < 1.29 is 23.8 Å². The zero-order chi connectivity index (χ0) is 18.4. The van der Waals surface area contributed by atoms with E-state index in [-0.39, 0.29) is 12.0 Å². The minimum absolute atomic E-state index is 0.227. The van der Waals surface area contributed by atoms with Gasteiger partial charge in [-0.05, 0) is 43.3 Å². The lowest BCUT2D eigenvalue weighted by Gasteiger charge is -2.26. The van der Waals surface area contributed by atoms with Crippen LogP contribution in [-0.2, 0) is 4.74 Å². The smallest absolute Gasteiger partial charge is 0.411 e. The van der Waals surface area contributed by atoms with Crippen molar-refractivity contribution in [2.75, 3.05) is 25.1 Å². The molecule has 2 N–H and O–H groups in total. The van der Waals surface area contributed by atoms with Gasteiger partial charge in [0, 0.05) is 11.3 Å². The second kappa shape index (κ2) is 8.24. The summed E-state index contributed by atoms with van der Waals surface area (Å²) in [5, 5.41) is 5.40. The molecule has 0 saturated carbocycles. The third kappa shape index (κ3) is 4.44. The molecule has 0 saturated heterocycles. The van der Waals surface area contributed by atoms with Gasteiger partial charge in [0.2, 0.25) is 0 Å². The van der Waals surface area contributed by atoms with E-state index in [0.717, 1.165) is 0 Å². The lowest BCUT2D eigenvalue weighted by atomic mass is 10.2. The van der Waals surface area contributed by atoms with Crippen LogP contribution >= 0.6 is 0 Å². The van der Waals surface area contributed by atoms with Crippen molar-refractivity contribution in [3.05, 3.63) is 54.1 Å². The van der Waals surface area contributed by atoms with Gasteiger partial charge in [-0.1, -0.05) is 12.1 Å². The number of hydrogen-bond donors (Lipinski definition) is 2. The van der Waals surface area contributed by atoms with Gasteiger partial charge in [-0.3, -0.25) is 10.1 Å². The number of anilines is 1. The van der Waals surface area contributed by atoms with E-state index in [1.807, 2.05) is 24.3 Å². The molecule has 7 nitrogen and oxygen atoms in total. The second-order valence-corrected chi connectivity index (χ2v) is 5.63. The molecule has 0 fully saturated rings. The van der Waals surface area contributed by atoms with E-state index >= 15 is 0 Å². The highest BCUT2D eigenvalue weighted by Crippen LogP contribution is 2.30.